The van der Waals surface area contributed by atoms with Crippen molar-refractivity contribution in [3.05, 3.63) is 48.5 Å². The molecule has 2 aromatic carbocycles. The summed E-state index contributed by atoms with van der Waals surface area (Å²) < 4.78 is 41.0. The van der Waals surface area contributed by atoms with Gasteiger partial charge < -0.3 is 5.11 Å². The van der Waals surface area contributed by atoms with Crippen LogP contribution in [0.25, 0.3) is 0 Å². The van der Waals surface area contributed by atoms with E-state index in [2.05, 4.69) is 4.40 Å². The molecule has 0 amide bonds. The molecule has 0 N–H and O–H groups in total. The van der Waals surface area contributed by atoms with E-state index in [-0.39, 0.29) is 0 Å². The van der Waals surface area contributed by atoms with Crippen molar-refractivity contribution in [1.82, 2.24) is 0 Å². The van der Waals surface area contributed by atoms with Crippen molar-refractivity contribution in [3.8, 4) is 0 Å². The zero-order valence-electron chi connectivity index (χ0n) is 10.4. The molecule has 0 aliphatic carbocycles. The number of nitrogens with zero attached hydrogens (tertiary/aromatic N) is 1. The lowest BCUT2D eigenvalue weighted by Gasteiger charge is -2.18. The average Bonchev–Trinajstić information content (AvgIpc) is 2.46. The molecule has 0 fully saturated rings. The summed E-state index contributed by atoms with van der Waals surface area (Å²) >= 11 is 0.239. The van der Waals surface area contributed by atoms with Gasteiger partial charge in [0.1, 0.15) is 5.90 Å². The molecule has 21 heavy (non-hydrogen) atoms. The molecule has 7 heteroatoms. The Bertz CT molecular complexity index is 670. The first kappa shape index (κ1) is 14.3. The summed E-state index contributed by atoms with van der Waals surface area (Å²) in [7, 11) is 0. The minimum Gasteiger partial charge on any atom is -0.852 e. The minimum atomic E-state index is -4.94. The third-order valence-corrected chi connectivity index (χ3v) is 6.06. The lowest BCUT2D eigenvalue weighted by Crippen LogP contribution is -2.36. The molecular formula is C14H8F3NOS2. The summed E-state index contributed by atoms with van der Waals surface area (Å²) in [5.41, 5.74) is 0. The van der Waals surface area contributed by atoms with E-state index < -0.39 is 23.2 Å². The van der Waals surface area contributed by atoms with E-state index in [4.69, 9.17) is 0 Å². The second kappa shape index (κ2) is 5.31. The zero-order valence-corrected chi connectivity index (χ0v) is 12.1. The number of benzene rings is 2. The van der Waals surface area contributed by atoms with Crippen LogP contribution >= 0.6 is 11.8 Å². The molecule has 0 bridgehead atoms. The fourth-order valence-electron chi connectivity index (χ4n) is 1.86. The van der Waals surface area contributed by atoms with Crippen LogP contribution in [0.15, 0.2) is 72.5 Å². The molecule has 0 aromatic heterocycles. The van der Waals surface area contributed by atoms with Crippen molar-refractivity contribution in [2.45, 2.75) is 25.8 Å². The Hall–Kier alpha value is -1.60. The van der Waals surface area contributed by atoms with Gasteiger partial charge in [-0.3, -0.25) is 0 Å². The monoisotopic (exact) mass is 327 g/mol. The molecule has 0 radical (unpaired) electrons. The molecule has 0 unspecified atom stereocenters. The summed E-state index contributed by atoms with van der Waals surface area (Å²) in [6, 6.07) is 14.2. The highest BCUT2D eigenvalue weighted by atomic mass is 32.2. The van der Waals surface area contributed by atoms with Crippen LogP contribution < -0.4 is 5.11 Å². The van der Waals surface area contributed by atoms with Crippen LogP contribution in [0.5, 0.6) is 0 Å². The average molecular weight is 327 g/mol. The van der Waals surface area contributed by atoms with Gasteiger partial charge in [-0.05, 0) is 24.3 Å². The first-order valence-corrected chi connectivity index (χ1v) is 7.90. The van der Waals surface area contributed by atoms with E-state index in [1.54, 1.807) is 24.3 Å². The van der Waals surface area contributed by atoms with Gasteiger partial charge in [0, 0.05) is 0 Å². The molecule has 0 saturated carbocycles. The van der Waals surface area contributed by atoms with Gasteiger partial charge in [-0.1, -0.05) is 40.4 Å². The Labute approximate surface area is 126 Å². The van der Waals surface area contributed by atoms with Gasteiger partial charge in [-0.2, -0.15) is 13.2 Å². The van der Waals surface area contributed by atoms with Crippen LogP contribution in [0, 0.1) is 0 Å². The van der Waals surface area contributed by atoms with E-state index in [0.717, 1.165) is 9.79 Å². The van der Waals surface area contributed by atoms with E-state index >= 15 is 0 Å². The molecule has 1 heterocycles. The second-order valence-electron chi connectivity index (χ2n) is 4.17. The summed E-state index contributed by atoms with van der Waals surface area (Å²) in [6.07, 6.45) is -4.94. The summed E-state index contributed by atoms with van der Waals surface area (Å²) in [5.74, 6) is -2.04. The van der Waals surface area contributed by atoms with Gasteiger partial charge in [0.05, 0.1) is 9.79 Å². The maximum Gasteiger partial charge on any atom is 0.424 e. The van der Waals surface area contributed by atoms with E-state index in [9.17, 15) is 18.3 Å². The highest BCUT2D eigenvalue weighted by molar-refractivity contribution is 8.03. The van der Waals surface area contributed by atoms with E-state index in [1.807, 2.05) is 24.3 Å². The third kappa shape index (κ3) is 2.75. The Balaban J connectivity index is 2.16. The van der Waals surface area contributed by atoms with Crippen molar-refractivity contribution in [2.75, 3.05) is 0 Å². The molecule has 0 spiro atoms. The Morgan fingerprint density at radius 3 is 1.90 bits per heavy atom. The number of hydrogen-bond acceptors (Lipinski definition) is 3. The molecule has 3 rings (SSSR count). The molecule has 2 nitrogen and oxygen atoms in total. The number of rotatable bonds is 1. The topological polar surface area (TPSA) is 35.4 Å². The largest absolute Gasteiger partial charge is 0.852 e. The molecular weight excluding hydrogens is 319 g/mol. The maximum absolute atomic E-state index is 12.5. The molecule has 0 saturated heterocycles. The summed E-state index contributed by atoms with van der Waals surface area (Å²) in [5, 5.41) is 11.3. The Morgan fingerprint density at radius 2 is 1.43 bits per heavy atom. The van der Waals surface area contributed by atoms with E-state index in [0.29, 0.717) is 9.79 Å². The lowest BCUT2D eigenvalue weighted by atomic mass is 10.3. The van der Waals surface area contributed by atoms with Crippen LogP contribution in [0.3, 0.4) is 0 Å². The first-order chi connectivity index (χ1) is 9.97. The van der Waals surface area contributed by atoms with Crippen LogP contribution in [-0.2, 0) is 11.1 Å². The number of fused-ring (bicyclic) bond motifs is 2. The maximum atomic E-state index is 12.5. The summed E-state index contributed by atoms with van der Waals surface area (Å²) in [6.45, 7) is 0. The highest BCUT2D eigenvalue weighted by Crippen LogP contribution is 2.45. The standard InChI is InChI=1S/C14H8F3NOS2/c15-14(16,17)13(19)18-21-11-7-3-1-5-9(11)20-10-6-2-4-8-12(10)21/h1-8H. The molecule has 1 aliphatic heterocycles. The number of hydrogen-bond donors (Lipinski definition) is 0. The predicted molar refractivity (Wildman–Crippen MR) is 74.4 cm³/mol. The normalized spacial score (nSPS) is 15.5. The fraction of sp³-hybridized carbons (Fsp3) is 0.0714. The fourth-order valence-corrected chi connectivity index (χ4v) is 5.08. The van der Waals surface area contributed by atoms with Crippen LogP contribution in [0.2, 0.25) is 0 Å². The van der Waals surface area contributed by atoms with Gasteiger partial charge >= 0.3 is 6.18 Å². The first-order valence-electron chi connectivity index (χ1n) is 5.90. The third-order valence-electron chi connectivity index (χ3n) is 2.75. The van der Waals surface area contributed by atoms with Gasteiger partial charge in [0.15, 0.2) is 0 Å². The van der Waals surface area contributed by atoms with Gasteiger partial charge in [-0.15, -0.1) is 0 Å². The molecule has 1 aliphatic rings. The van der Waals surface area contributed by atoms with Crippen molar-refractivity contribution in [2.24, 2.45) is 4.40 Å². The van der Waals surface area contributed by atoms with Crippen molar-refractivity contribution >= 4 is 28.7 Å². The van der Waals surface area contributed by atoms with Crippen molar-refractivity contribution < 1.29 is 18.3 Å². The predicted octanol–water partition coefficient (Wildman–Crippen LogP) is 3.42. The Morgan fingerprint density at radius 1 is 0.952 bits per heavy atom. The van der Waals surface area contributed by atoms with Crippen LogP contribution in [-0.4, -0.2) is 12.1 Å². The second-order valence-corrected chi connectivity index (χ2v) is 6.89. The zero-order chi connectivity index (χ0) is 15.0. The lowest BCUT2D eigenvalue weighted by molar-refractivity contribution is -0.261. The van der Waals surface area contributed by atoms with Crippen molar-refractivity contribution in [3.63, 3.8) is 0 Å². The highest BCUT2D eigenvalue weighted by Gasteiger charge is 2.39. The molecule has 0 atom stereocenters. The quantitative estimate of drug-likeness (QED) is 0.457. The van der Waals surface area contributed by atoms with Gasteiger partial charge in [-0.25, -0.2) is 0 Å². The number of alkyl halides is 3. The smallest absolute Gasteiger partial charge is 0.424 e. The van der Waals surface area contributed by atoms with Crippen LogP contribution in [0.1, 0.15) is 0 Å². The van der Waals surface area contributed by atoms with Crippen LogP contribution in [0.4, 0.5) is 13.2 Å². The Kier molecular flexibility index (Phi) is 3.62. The van der Waals surface area contributed by atoms with Gasteiger partial charge in [0.25, 0.3) is 0 Å². The minimum absolute atomic E-state index is 0.652. The summed E-state index contributed by atoms with van der Waals surface area (Å²) in [4.78, 5) is 2.97. The SMILES string of the molecule is [O-]/C(=N\[S+]1c2ccccc2Sc2ccccc21)C(F)(F)F. The van der Waals surface area contributed by atoms with Gasteiger partial charge in [0.2, 0.25) is 20.9 Å². The number of halogens is 3. The van der Waals surface area contributed by atoms with Crippen molar-refractivity contribution in [1.29, 1.82) is 0 Å². The molecule has 108 valence electrons. The molecule has 2 aromatic rings. The van der Waals surface area contributed by atoms with E-state index in [1.165, 1.54) is 11.8 Å².